The SMILES string of the molecule is CCOC(=O)[C@]1(C)N[C@@H](c2ccc(C(C)C)cc2)[C@@H]2C(=O)N(CC)C(=O)[C@H]21. The lowest BCUT2D eigenvalue weighted by Crippen LogP contribution is -2.54. The number of likely N-dealkylation sites (tertiary alicyclic amines) is 1. The Morgan fingerprint density at radius 2 is 1.81 bits per heavy atom. The third-order valence-corrected chi connectivity index (χ3v) is 5.86. The summed E-state index contributed by atoms with van der Waals surface area (Å²) in [4.78, 5) is 39.9. The predicted molar refractivity (Wildman–Crippen MR) is 101 cm³/mol. The van der Waals surface area contributed by atoms with Gasteiger partial charge in [-0.2, -0.15) is 0 Å². The van der Waals surface area contributed by atoms with Gasteiger partial charge in [0.15, 0.2) is 0 Å². The number of esters is 1. The number of rotatable bonds is 5. The van der Waals surface area contributed by atoms with E-state index in [-0.39, 0.29) is 18.4 Å². The Labute approximate surface area is 160 Å². The van der Waals surface area contributed by atoms with Crippen LogP contribution in [0, 0.1) is 11.8 Å². The van der Waals surface area contributed by atoms with Crippen molar-refractivity contribution in [2.75, 3.05) is 13.2 Å². The van der Waals surface area contributed by atoms with Gasteiger partial charge >= 0.3 is 5.97 Å². The quantitative estimate of drug-likeness (QED) is 0.634. The van der Waals surface area contributed by atoms with E-state index >= 15 is 0 Å². The highest BCUT2D eigenvalue weighted by atomic mass is 16.5. The molecule has 1 aromatic rings. The monoisotopic (exact) mass is 372 g/mol. The molecule has 0 saturated carbocycles. The molecule has 27 heavy (non-hydrogen) atoms. The summed E-state index contributed by atoms with van der Waals surface area (Å²) in [5, 5.41) is 3.28. The maximum atomic E-state index is 13.0. The smallest absolute Gasteiger partial charge is 0.326 e. The standard InChI is InChI=1S/C21H28N2O4/c1-6-23-18(24)15-16(19(23)25)21(5,20(26)27-7-2)22-17(15)14-10-8-13(9-11-14)12(3)4/h8-12,15-17,22H,6-7H2,1-5H3/t15-,16+,17+,21-/m1/s1. The summed E-state index contributed by atoms with van der Waals surface area (Å²) < 4.78 is 5.24. The van der Waals surface area contributed by atoms with E-state index in [4.69, 9.17) is 4.74 Å². The van der Waals surface area contributed by atoms with Crippen molar-refractivity contribution in [2.24, 2.45) is 11.8 Å². The highest BCUT2D eigenvalue weighted by molar-refractivity contribution is 6.09. The molecule has 6 nitrogen and oxygen atoms in total. The van der Waals surface area contributed by atoms with Crippen molar-refractivity contribution in [2.45, 2.75) is 52.1 Å². The average molecular weight is 372 g/mol. The van der Waals surface area contributed by atoms with Crippen molar-refractivity contribution in [1.82, 2.24) is 10.2 Å². The van der Waals surface area contributed by atoms with Gasteiger partial charge < -0.3 is 4.74 Å². The number of ether oxygens (including phenoxy) is 1. The van der Waals surface area contributed by atoms with Crippen LogP contribution in [-0.2, 0) is 19.1 Å². The van der Waals surface area contributed by atoms with Gasteiger partial charge in [0.1, 0.15) is 5.54 Å². The molecule has 6 heteroatoms. The molecule has 2 aliphatic rings. The van der Waals surface area contributed by atoms with Crippen molar-refractivity contribution in [1.29, 1.82) is 0 Å². The van der Waals surface area contributed by atoms with E-state index in [9.17, 15) is 14.4 Å². The minimum absolute atomic E-state index is 0.217. The fourth-order valence-electron chi connectivity index (χ4n) is 4.35. The molecule has 0 aliphatic carbocycles. The zero-order valence-electron chi connectivity index (χ0n) is 16.6. The number of nitrogens with one attached hydrogen (secondary N) is 1. The van der Waals surface area contributed by atoms with E-state index in [0.717, 1.165) is 5.56 Å². The first kappa shape index (κ1) is 19.5. The van der Waals surface area contributed by atoms with Crippen LogP contribution in [0.15, 0.2) is 24.3 Å². The fraction of sp³-hybridized carbons (Fsp3) is 0.571. The lowest BCUT2D eigenvalue weighted by molar-refractivity contribution is -0.155. The fourth-order valence-corrected chi connectivity index (χ4v) is 4.35. The van der Waals surface area contributed by atoms with Crippen LogP contribution in [0.25, 0.3) is 0 Å². The number of nitrogens with zero attached hydrogens (tertiary/aromatic N) is 1. The molecule has 2 heterocycles. The van der Waals surface area contributed by atoms with E-state index < -0.39 is 29.4 Å². The predicted octanol–water partition coefficient (Wildman–Crippen LogP) is 2.40. The van der Waals surface area contributed by atoms with Gasteiger partial charge in [-0.1, -0.05) is 38.1 Å². The third-order valence-electron chi connectivity index (χ3n) is 5.86. The molecule has 4 atom stereocenters. The molecule has 3 rings (SSSR count). The summed E-state index contributed by atoms with van der Waals surface area (Å²) >= 11 is 0. The van der Waals surface area contributed by atoms with Gasteiger partial charge in [0.2, 0.25) is 11.8 Å². The maximum absolute atomic E-state index is 13.0. The second-order valence-electron chi connectivity index (χ2n) is 7.79. The Hall–Kier alpha value is -2.21. The van der Waals surface area contributed by atoms with Crippen LogP contribution in [0.3, 0.4) is 0 Å². The molecular formula is C21H28N2O4. The lowest BCUT2D eigenvalue weighted by atomic mass is 9.80. The van der Waals surface area contributed by atoms with Crippen LogP contribution in [0.1, 0.15) is 57.7 Å². The first-order valence-corrected chi connectivity index (χ1v) is 9.66. The number of carbonyl (C=O) groups is 3. The van der Waals surface area contributed by atoms with Crippen LogP contribution in [-0.4, -0.2) is 41.4 Å². The van der Waals surface area contributed by atoms with Crippen molar-refractivity contribution in [3.8, 4) is 0 Å². The van der Waals surface area contributed by atoms with E-state index in [0.29, 0.717) is 12.5 Å². The van der Waals surface area contributed by atoms with Gasteiger partial charge in [-0.15, -0.1) is 0 Å². The third kappa shape index (κ3) is 2.96. The highest BCUT2D eigenvalue weighted by Gasteiger charge is 2.66. The number of carbonyl (C=O) groups excluding carboxylic acids is 3. The Morgan fingerprint density at radius 1 is 1.19 bits per heavy atom. The van der Waals surface area contributed by atoms with Gasteiger partial charge in [-0.05, 0) is 37.8 Å². The van der Waals surface area contributed by atoms with Gasteiger partial charge in [-0.25, -0.2) is 0 Å². The Bertz CT molecular complexity index is 758. The van der Waals surface area contributed by atoms with E-state index in [2.05, 4.69) is 19.2 Å². The first-order valence-electron chi connectivity index (χ1n) is 9.66. The molecule has 0 unspecified atom stereocenters. The highest BCUT2D eigenvalue weighted by Crippen LogP contribution is 2.49. The van der Waals surface area contributed by atoms with E-state index in [1.165, 1.54) is 10.5 Å². The summed E-state index contributed by atoms with van der Waals surface area (Å²) in [6.45, 7) is 9.96. The second-order valence-corrected chi connectivity index (χ2v) is 7.79. The topological polar surface area (TPSA) is 75.7 Å². The van der Waals surface area contributed by atoms with Gasteiger partial charge in [0.25, 0.3) is 0 Å². The van der Waals surface area contributed by atoms with E-state index in [1.54, 1.807) is 20.8 Å². The molecule has 0 bridgehead atoms. The van der Waals surface area contributed by atoms with Crippen LogP contribution in [0.2, 0.25) is 0 Å². The summed E-state index contributed by atoms with van der Waals surface area (Å²) in [6, 6.07) is 7.63. The molecule has 0 spiro atoms. The van der Waals surface area contributed by atoms with Crippen molar-refractivity contribution < 1.29 is 19.1 Å². The van der Waals surface area contributed by atoms with Gasteiger partial charge in [0.05, 0.1) is 18.4 Å². The molecule has 2 amide bonds. The summed E-state index contributed by atoms with van der Waals surface area (Å²) in [5.74, 6) is -1.95. The Kier molecular flexibility index (Phi) is 5.12. The molecule has 1 aromatic carbocycles. The summed E-state index contributed by atoms with van der Waals surface area (Å²) in [7, 11) is 0. The minimum atomic E-state index is -1.22. The number of hydrogen-bond donors (Lipinski definition) is 1. The van der Waals surface area contributed by atoms with Gasteiger partial charge in [-0.3, -0.25) is 24.6 Å². The molecule has 146 valence electrons. The second kappa shape index (κ2) is 7.08. The molecular weight excluding hydrogens is 344 g/mol. The summed E-state index contributed by atoms with van der Waals surface area (Å²) in [6.07, 6.45) is 0. The maximum Gasteiger partial charge on any atom is 0.326 e. The molecule has 2 saturated heterocycles. The van der Waals surface area contributed by atoms with Crippen LogP contribution < -0.4 is 5.32 Å². The molecule has 0 aromatic heterocycles. The van der Waals surface area contributed by atoms with Crippen LogP contribution >= 0.6 is 0 Å². The van der Waals surface area contributed by atoms with Crippen molar-refractivity contribution in [3.63, 3.8) is 0 Å². The minimum Gasteiger partial charge on any atom is -0.465 e. The summed E-state index contributed by atoms with van der Waals surface area (Å²) in [5.41, 5.74) is 0.880. The number of imide groups is 1. The number of fused-ring (bicyclic) bond motifs is 1. The molecule has 2 fully saturated rings. The zero-order valence-corrected chi connectivity index (χ0v) is 16.6. The molecule has 2 aliphatic heterocycles. The van der Waals surface area contributed by atoms with Crippen LogP contribution in [0.4, 0.5) is 0 Å². The average Bonchev–Trinajstić information content (AvgIpc) is 3.09. The van der Waals surface area contributed by atoms with E-state index in [1.807, 2.05) is 24.3 Å². The van der Waals surface area contributed by atoms with Crippen LogP contribution in [0.5, 0.6) is 0 Å². The van der Waals surface area contributed by atoms with Crippen molar-refractivity contribution in [3.05, 3.63) is 35.4 Å². The number of benzene rings is 1. The molecule has 0 radical (unpaired) electrons. The molecule has 1 N–H and O–H groups in total. The lowest BCUT2D eigenvalue weighted by Gasteiger charge is -2.29. The van der Waals surface area contributed by atoms with Gasteiger partial charge in [0, 0.05) is 12.6 Å². The normalized spacial score (nSPS) is 30.1. The zero-order chi connectivity index (χ0) is 19.9. The number of hydrogen-bond acceptors (Lipinski definition) is 5. The largest absolute Gasteiger partial charge is 0.465 e. The Balaban J connectivity index is 2.04. The van der Waals surface area contributed by atoms with Crippen molar-refractivity contribution >= 4 is 17.8 Å². The number of amides is 2. The Morgan fingerprint density at radius 3 is 2.33 bits per heavy atom. The first-order chi connectivity index (χ1) is 12.8.